The maximum absolute atomic E-state index is 13.7. The Labute approximate surface area is 152 Å². The maximum atomic E-state index is 13.7. The van der Waals surface area contributed by atoms with Crippen molar-refractivity contribution in [2.75, 3.05) is 15.9 Å². The molecular formula is C19H21FN2O3S. The number of benzene rings is 2. The first-order chi connectivity index (χ1) is 12.3. The molecule has 0 saturated heterocycles. The van der Waals surface area contributed by atoms with Gasteiger partial charge in [-0.3, -0.25) is 9.10 Å². The van der Waals surface area contributed by atoms with Gasteiger partial charge in [-0.1, -0.05) is 30.3 Å². The minimum atomic E-state index is -3.52. The second-order valence-electron chi connectivity index (χ2n) is 6.49. The highest BCUT2D eigenvalue weighted by Crippen LogP contribution is 2.38. The number of nitrogens with zero attached hydrogens (tertiary/aromatic N) is 1. The molecule has 0 bridgehead atoms. The van der Waals surface area contributed by atoms with Crippen LogP contribution < -0.4 is 9.62 Å². The number of aryl methyl sites for hydroxylation is 1. The van der Waals surface area contributed by atoms with Crippen LogP contribution in [0.3, 0.4) is 0 Å². The monoisotopic (exact) mass is 376 g/mol. The smallest absolute Gasteiger partial charge is 0.232 e. The molecule has 3 rings (SSSR count). The first-order valence-electron chi connectivity index (χ1n) is 8.47. The first-order valence-corrected chi connectivity index (χ1v) is 10.3. The summed E-state index contributed by atoms with van der Waals surface area (Å²) in [5, 5.41) is 2.67. The highest BCUT2D eigenvalue weighted by molar-refractivity contribution is 7.92. The van der Waals surface area contributed by atoms with E-state index in [1.807, 2.05) is 30.3 Å². The van der Waals surface area contributed by atoms with Crippen molar-refractivity contribution in [3.63, 3.8) is 0 Å². The van der Waals surface area contributed by atoms with Crippen molar-refractivity contribution < 1.29 is 17.6 Å². The second-order valence-corrected chi connectivity index (χ2v) is 8.34. The number of amides is 1. The van der Waals surface area contributed by atoms with Crippen molar-refractivity contribution in [3.8, 4) is 0 Å². The highest BCUT2D eigenvalue weighted by Gasteiger charge is 2.36. The number of rotatable bonds is 7. The molecule has 0 aliphatic heterocycles. The van der Waals surface area contributed by atoms with E-state index >= 15 is 0 Å². The number of carbonyl (C=O) groups excluding carboxylic acids is 1. The second kappa shape index (κ2) is 7.45. The van der Waals surface area contributed by atoms with Crippen LogP contribution in [0.4, 0.5) is 15.8 Å². The lowest BCUT2D eigenvalue weighted by molar-refractivity contribution is -0.116. The molecule has 0 radical (unpaired) electrons. The molecule has 1 fully saturated rings. The van der Waals surface area contributed by atoms with E-state index in [-0.39, 0.29) is 24.1 Å². The molecule has 26 heavy (non-hydrogen) atoms. The van der Waals surface area contributed by atoms with E-state index in [2.05, 4.69) is 5.32 Å². The molecule has 0 aromatic heterocycles. The fraction of sp³-hybridized carbons (Fsp3) is 0.316. The minimum absolute atomic E-state index is 0.129. The predicted molar refractivity (Wildman–Crippen MR) is 100 cm³/mol. The van der Waals surface area contributed by atoms with Crippen LogP contribution in [0, 0.1) is 5.82 Å². The van der Waals surface area contributed by atoms with Gasteiger partial charge in [-0.2, -0.15) is 0 Å². The molecule has 0 heterocycles. The van der Waals surface area contributed by atoms with Crippen LogP contribution in [-0.4, -0.2) is 26.6 Å². The Morgan fingerprint density at radius 2 is 1.88 bits per heavy atom. The third-order valence-electron chi connectivity index (χ3n) is 4.19. The van der Waals surface area contributed by atoms with Gasteiger partial charge in [-0.05, 0) is 43.0 Å². The number of carbonyl (C=O) groups is 1. The molecule has 138 valence electrons. The molecule has 2 aromatic carbocycles. The van der Waals surface area contributed by atoms with Gasteiger partial charge in [0.25, 0.3) is 0 Å². The summed E-state index contributed by atoms with van der Waals surface area (Å²) in [6.07, 6.45) is 3.41. The Bertz CT molecular complexity index is 896. The molecule has 5 nitrogen and oxygen atoms in total. The summed E-state index contributed by atoms with van der Waals surface area (Å²) in [4.78, 5) is 12.3. The van der Waals surface area contributed by atoms with E-state index < -0.39 is 15.8 Å². The van der Waals surface area contributed by atoms with Crippen molar-refractivity contribution in [2.24, 2.45) is 0 Å². The Morgan fingerprint density at radius 1 is 1.19 bits per heavy atom. The number of nitrogens with one attached hydrogen (secondary N) is 1. The summed E-state index contributed by atoms with van der Waals surface area (Å²) >= 11 is 0. The van der Waals surface area contributed by atoms with Gasteiger partial charge in [0, 0.05) is 12.5 Å². The fourth-order valence-corrected chi connectivity index (χ4v) is 4.14. The van der Waals surface area contributed by atoms with Crippen molar-refractivity contribution in [1.29, 1.82) is 0 Å². The first kappa shape index (κ1) is 18.4. The van der Waals surface area contributed by atoms with Crippen molar-refractivity contribution >= 4 is 27.3 Å². The Balaban J connectivity index is 1.78. The molecule has 1 N–H and O–H groups in total. The average Bonchev–Trinajstić information content (AvgIpc) is 3.40. The molecule has 1 saturated carbocycles. The molecule has 0 unspecified atom stereocenters. The van der Waals surface area contributed by atoms with Gasteiger partial charge in [-0.15, -0.1) is 0 Å². The van der Waals surface area contributed by atoms with Gasteiger partial charge in [-0.25, -0.2) is 12.8 Å². The van der Waals surface area contributed by atoms with Crippen molar-refractivity contribution in [1.82, 2.24) is 0 Å². The number of hydrogen-bond acceptors (Lipinski definition) is 3. The quantitative estimate of drug-likeness (QED) is 0.806. The van der Waals surface area contributed by atoms with Gasteiger partial charge in [0.15, 0.2) is 0 Å². The summed E-state index contributed by atoms with van der Waals surface area (Å²) in [6.45, 7) is 0. The van der Waals surface area contributed by atoms with Crippen LogP contribution in [0.5, 0.6) is 0 Å². The molecule has 1 aliphatic carbocycles. The van der Waals surface area contributed by atoms with Crippen LogP contribution in [0.1, 0.15) is 24.8 Å². The van der Waals surface area contributed by atoms with Gasteiger partial charge >= 0.3 is 0 Å². The van der Waals surface area contributed by atoms with E-state index in [9.17, 15) is 17.6 Å². The number of anilines is 2. The van der Waals surface area contributed by atoms with Gasteiger partial charge in [0.05, 0.1) is 17.6 Å². The fourth-order valence-electron chi connectivity index (χ4n) is 2.87. The summed E-state index contributed by atoms with van der Waals surface area (Å²) in [5.74, 6) is -0.818. The predicted octanol–water partition coefficient (Wildman–Crippen LogP) is 3.33. The molecule has 0 atom stereocenters. The standard InChI is InChI=1S/C19H21FN2O3S/c1-26(24,25)22(16-9-10-16)18-11-8-15(20)13-17(18)21-19(23)12-7-14-5-3-2-4-6-14/h2-6,8,11,13,16H,7,9-10,12H2,1H3,(H,21,23). The lowest BCUT2D eigenvalue weighted by Crippen LogP contribution is -2.33. The molecule has 2 aromatic rings. The number of halogens is 1. The van der Waals surface area contributed by atoms with Crippen molar-refractivity contribution in [3.05, 3.63) is 59.9 Å². The lowest BCUT2D eigenvalue weighted by Gasteiger charge is -2.25. The van der Waals surface area contributed by atoms with E-state index in [4.69, 9.17) is 0 Å². The van der Waals surface area contributed by atoms with E-state index in [0.29, 0.717) is 12.1 Å². The average molecular weight is 376 g/mol. The highest BCUT2D eigenvalue weighted by atomic mass is 32.2. The van der Waals surface area contributed by atoms with Gasteiger partial charge in [0.2, 0.25) is 15.9 Å². The van der Waals surface area contributed by atoms with Crippen LogP contribution in [0.15, 0.2) is 48.5 Å². The summed E-state index contributed by atoms with van der Waals surface area (Å²) in [7, 11) is -3.52. The van der Waals surface area contributed by atoms with Gasteiger partial charge in [0.1, 0.15) is 5.82 Å². The van der Waals surface area contributed by atoms with Crippen LogP contribution in [-0.2, 0) is 21.2 Å². The largest absolute Gasteiger partial charge is 0.324 e. The SMILES string of the molecule is CS(=O)(=O)N(c1ccc(F)cc1NC(=O)CCc1ccccc1)C1CC1. The minimum Gasteiger partial charge on any atom is -0.324 e. The van der Waals surface area contributed by atoms with E-state index in [1.165, 1.54) is 16.4 Å². The number of hydrogen-bond donors (Lipinski definition) is 1. The number of sulfonamides is 1. The zero-order valence-electron chi connectivity index (χ0n) is 14.5. The van der Waals surface area contributed by atoms with E-state index in [1.54, 1.807) is 0 Å². The van der Waals surface area contributed by atoms with Crippen LogP contribution in [0.2, 0.25) is 0 Å². The molecule has 7 heteroatoms. The molecule has 1 amide bonds. The molecular weight excluding hydrogens is 355 g/mol. The zero-order chi connectivity index (χ0) is 18.7. The summed E-state index contributed by atoms with van der Waals surface area (Å²) in [6, 6.07) is 13.2. The lowest BCUT2D eigenvalue weighted by atomic mass is 10.1. The molecule has 1 aliphatic rings. The third-order valence-corrected chi connectivity index (χ3v) is 5.40. The van der Waals surface area contributed by atoms with Crippen LogP contribution >= 0.6 is 0 Å². The topological polar surface area (TPSA) is 66.5 Å². The summed E-state index contributed by atoms with van der Waals surface area (Å²) < 4.78 is 39.3. The maximum Gasteiger partial charge on any atom is 0.232 e. The van der Waals surface area contributed by atoms with Crippen molar-refractivity contribution in [2.45, 2.75) is 31.7 Å². The Morgan fingerprint density at radius 3 is 2.50 bits per heavy atom. The van der Waals surface area contributed by atoms with Gasteiger partial charge < -0.3 is 5.32 Å². The van der Waals surface area contributed by atoms with E-state index in [0.717, 1.165) is 30.7 Å². The zero-order valence-corrected chi connectivity index (χ0v) is 15.3. The normalized spacial score (nSPS) is 14.1. The van der Waals surface area contributed by atoms with Crippen LogP contribution in [0.25, 0.3) is 0 Å². The molecule has 0 spiro atoms. The Kier molecular flexibility index (Phi) is 5.27. The summed E-state index contributed by atoms with van der Waals surface area (Å²) in [5.41, 5.74) is 1.52. The third kappa shape index (κ3) is 4.60. The Hall–Kier alpha value is -2.41.